The lowest BCUT2D eigenvalue weighted by Gasteiger charge is -2.27. The molecule has 110 valence electrons. The van der Waals surface area contributed by atoms with Crippen molar-refractivity contribution in [1.29, 1.82) is 0 Å². The van der Waals surface area contributed by atoms with E-state index in [1.165, 1.54) is 0 Å². The van der Waals surface area contributed by atoms with Gasteiger partial charge in [0.1, 0.15) is 5.52 Å². The molecule has 0 bridgehead atoms. The molecule has 0 saturated carbocycles. The summed E-state index contributed by atoms with van der Waals surface area (Å²) in [4.78, 5) is 18.9. The van der Waals surface area contributed by atoms with Crippen LogP contribution in [0.15, 0.2) is 6.33 Å². The van der Waals surface area contributed by atoms with Gasteiger partial charge in [-0.3, -0.25) is 0 Å². The van der Waals surface area contributed by atoms with Crippen LogP contribution in [-0.2, 0) is 0 Å². The van der Waals surface area contributed by atoms with Crippen LogP contribution in [0.4, 0.5) is 11.8 Å². The Bertz CT molecular complexity index is 548. The standard InChI is InChI=1S/C14H24N6/c1-5-7-15-14-18-12-11(16-9-17-12)13(19-14)20(8-6-2)10(3)4/h9-10H,5-8H2,1-4H3,(H2,15,16,17,18,19). The Balaban J connectivity index is 2.45. The van der Waals surface area contributed by atoms with Crippen LogP contribution in [0, 0.1) is 0 Å². The van der Waals surface area contributed by atoms with Crippen molar-refractivity contribution in [1.82, 2.24) is 19.9 Å². The Morgan fingerprint density at radius 3 is 2.70 bits per heavy atom. The van der Waals surface area contributed by atoms with Gasteiger partial charge in [0.05, 0.1) is 6.33 Å². The molecule has 0 aliphatic carbocycles. The van der Waals surface area contributed by atoms with E-state index in [2.05, 4.69) is 57.8 Å². The summed E-state index contributed by atoms with van der Waals surface area (Å²) >= 11 is 0. The third-order valence-corrected chi connectivity index (χ3v) is 3.16. The smallest absolute Gasteiger partial charge is 0.226 e. The molecule has 0 spiro atoms. The van der Waals surface area contributed by atoms with Crippen molar-refractivity contribution in [2.24, 2.45) is 0 Å². The van der Waals surface area contributed by atoms with Gasteiger partial charge >= 0.3 is 0 Å². The Labute approximate surface area is 120 Å². The Morgan fingerprint density at radius 2 is 2.05 bits per heavy atom. The Hall–Kier alpha value is -1.85. The van der Waals surface area contributed by atoms with Crippen LogP contribution >= 0.6 is 0 Å². The highest BCUT2D eigenvalue weighted by atomic mass is 15.3. The number of imidazole rings is 1. The molecule has 6 heteroatoms. The topological polar surface area (TPSA) is 69.7 Å². The van der Waals surface area contributed by atoms with E-state index in [0.29, 0.717) is 12.0 Å². The second-order valence-electron chi connectivity index (χ2n) is 5.19. The molecule has 6 nitrogen and oxygen atoms in total. The SMILES string of the molecule is CCCNc1nc(N(CCC)C(C)C)c2[nH]cnc2n1. The first-order valence-corrected chi connectivity index (χ1v) is 7.39. The van der Waals surface area contributed by atoms with Crippen LogP contribution in [0.5, 0.6) is 0 Å². The molecule has 0 aliphatic heterocycles. The molecule has 2 aromatic rings. The average Bonchev–Trinajstić information content (AvgIpc) is 2.89. The van der Waals surface area contributed by atoms with Crippen molar-refractivity contribution >= 4 is 22.9 Å². The average molecular weight is 276 g/mol. The van der Waals surface area contributed by atoms with Gasteiger partial charge < -0.3 is 15.2 Å². The van der Waals surface area contributed by atoms with Crippen LogP contribution in [0.1, 0.15) is 40.5 Å². The highest BCUT2D eigenvalue weighted by Gasteiger charge is 2.18. The summed E-state index contributed by atoms with van der Waals surface area (Å²) in [6.07, 6.45) is 3.80. The zero-order chi connectivity index (χ0) is 14.5. The van der Waals surface area contributed by atoms with Gasteiger partial charge in [-0.05, 0) is 26.7 Å². The summed E-state index contributed by atoms with van der Waals surface area (Å²) in [7, 11) is 0. The third-order valence-electron chi connectivity index (χ3n) is 3.16. The summed E-state index contributed by atoms with van der Waals surface area (Å²) in [5, 5.41) is 3.25. The van der Waals surface area contributed by atoms with Gasteiger partial charge in [-0.25, -0.2) is 4.98 Å². The van der Waals surface area contributed by atoms with E-state index in [4.69, 9.17) is 0 Å². The number of hydrogen-bond acceptors (Lipinski definition) is 5. The first kappa shape index (κ1) is 14.6. The predicted octanol–water partition coefficient (Wildman–Crippen LogP) is 2.80. The molecule has 0 fully saturated rings. The lowest BCUT2D eigenvalue weighted by atomic mass is 10.2. The largest absolute Gasteiger partial charge is 0.354 e. The molecule has 0 radical (unpaired) electrons. The van der Waals surface area contributed by atoms with Gasteiger partial charge in [0.2, 0.25) is 5.95 Å². The number of nitrogens with zero attached hydrogens (tertiary/aromatic N) is 4. The molecule has 2 heterocycles. The van der Waals surface area contributed by atoms with Crippen molar-refractivity contribution in [3.05, 3.63) is 6.33 Å². The molecule has 2 N–H and O–H groups in total. The number of anilines is 2. The normalized spacial score (nSPS) is 11.2. The molecule has 0 atom stereocenters. The number of rotatable bonds is 7. The summed E-state index contributed by atoms with van der Waals surface area (Å²) in [6.45, 7) is 10.5. The van der Waals surface area contributed by atoms with E-state index in [9.17, 15) is 0 Å². The molecule has 0 aliphatic rings. The van der Waals surface area contributed by atoms with Crippen LogP contribution in [0.2, 0.25) is 0 Å². The number of nitrogens with one attached hydrogen (secondary N) is 2. The molecular formula is C14H24N6. The van der Waals surface area contributed by atoms with E-state index < -0.39 is 0 Å². The van der Waals surface area contributed by atoms with Crippen molar-refractivity contribution in [2.75, 3.05) is 23.3 Å². The van der Waals surface area contributed by atoms with Gasteiger partial charge in [0.25, 0.3) is 0 Å². The molecule has 0 aromatic carbocycles. The monoisotopic (exact) mass is 276 g/mol. The van der Waals surface area contributed by atoms with Crippen molar-refractivity contribution < 1.29 is 0 Å². The number of aromatic amines is 1. The molecular weight excluding hydrogens is 252 g/mol. The van der Waals surface area contributed by atoms with Crippen LogP contribution in [-0.4, -0.2) is 39.1 Å². The quantitative estimate of drug-likeness (QED) is 0.813. The van der Waals surface area contributed by atoms with Gasteiger partial charge in [-0.2, -0.15) is 9.97 Å². The van der Waals surface area contributed by atoms with Crippen molar-refractivity contribution in [3.63, 3.8) is 0 Å². The summed E-state index contributed by atoms with van der Waals surface area (Å²) < 4.78 is 0. The van der Waals surface area contributed by atoms with Gasteiger partial charge in [0.15, 0.2) is 11.5 Å². The third kappa shape index (κ3) is 3.00. The maximum atomic E-state index is 4.68. The number of fused-ring (bicyclic) bond motifs is 1. The number of aromatic nitrogens is 4. The fourth-order valence-electron chi connectivity index (χ4n) is 2.19. The lowest BCUT2D eigenvalue weighted by Crippen LogP contribution is -2.32. The van der Waals surface area contributed by atoms with Crippen LogP contribution < -0.4 is 10.2 Å². The molecule has 0 amide bonds. The summed E-state index contributed by atoms with van der Waals surface area (Å²) in [6, 6.07) is 0.385. The predicted molar refractivity (Wildman–Crippen MR) is 83.2 cm³/mol. The minimum atomic E-state index is 0.385. The second kappa shape index (κ2) is 6.54. The highest BCUT2D eigenvalue weighted by molar-refractivity contribution is 5.84. The molecule has 20 heavy (non-hydrogen) atoms. The van der Waals surface area contributed by atoms with E-state index in [0.717, 1.165) is 42.9 Å². The number of hydrogen-bond donors (Lipinski definition) is 2. The van der Waals surface area contributed by atoms with E-state index >= 15 is 0 Å². The van der Waals surface area contributed by atoms with Gasteiger partial charge in [-0.15, -0.1) is 0 Å². The fourth-order valence-corrected chi connectivity index (χ4v) is 2.19. The zero-order valence-corrected chi connectivity index (χ0v) is 12.8. The van der Waals surface area contributed by atoms with Crippen LogP contribution in [0.3, 0.4) is 0 Å². The molecule has 0 saturated heterocycles. The first-order valence-electron chi connectivity index (χ1n) is 7.39. The van der Waals surface area contributed by atoms with E-state index in [1.807, 2.05) is 0 Å². The molecule has 0 unspecified atom stereocenters. The van der Waals surface area contributed by atoms with Gasteiger partial charge in [-0.1, -0.05) is 13.8 Å². The minimum Gasteiger partial charge on any atom is -0.354 e. The molecule has 2 rings (SSSR count). The van der Waals surface area contributed by atoms with Crippen molar-refractivity contribution in [2.45, 2.75) is 46.6 Å². The lowest BCUT2D eigenvalue weighted by molar-refractivity contribution is 0.664. The summed E-state index contributed by atoms with van der Waals surface area (Å²) in [5.74, 6) is 1.59. The second-order valence-corrected chi connectivity index (χ2v) is 5.19. The minimum absolute atomic E-state index is 0.385. The Morgan fingerprint density at radius 1 is 1.25 bits per heavy atom. The highest BCUT2D eigenvalue weighted by Crippen LogP contribution is 2.24. The van der Waals surface area contributed by atoms with E-state index in [1.54, 1.807) is 6.33 Å². The maximum absolute atomic E-state index is 4.68. The summed E-state index contributed by atoms with van der Waals surface area (Å²) in [5.41, 5.74) is 1.63. The first-order chi connectivity index (χ1) is 9.67. The Kier molecular flexibility index (Phi) is 4.76. The maximum Gasteiger partial charge on any atom is 0.226 e. The van der Waals surface area contributed by atoms with Crippen molar-refractivity contribution in [3.8, 4) is 0 Å². The molecule has 2 aromatic heterocycles. The van der Waals surface area contributed by atoms with Crippen LogP contribution in [0.25, 0.3) is 11.2 Å². The zero-order valence-electron chi connectivity index (χ0n) is 12.8. The van der Waals surface area contributed by atoms with E-state index in [-0.39, 0.29) is 0 Å². The van der Waals surface area contributed by atoms with Gasteiger partial charge in [0, 0.05) is 19.1 Å². The number of H-pyrrole nitrogens is 1. The fraction of sp³-hybridized carbons (Fsp3) is 0.643.